The Kier molecular flexibility index (Phi) is 2.88. The Bertz CT molecular complexity index is 220. The highest BCUT2D eigenvalue weighted by Crippen LogP contribution is 2.23. The highest BCUT2D eigenvalue weighted by Gasteiger charge is 2.06. The van der Waals surface area contributed by atoms with Crippen molar-refractivity contribution in [2.75, 3.05) is 12.4 Å². The molecule has 1 aromatic rings. The normalized spacial score (nSPS) is 13.0. The molecule has 1 unspecified atom stereocenters. The number of anilines is 1. The fourth-order valence-corrected chi connectivity index (χ4v) is 1.63. The zero-order chi connectivity index (χ0) is 8.27. The van der Waals surface area contributed by atoms with Crippen molar-refractivity contribution in [3.8, 4) is 0 Å². The SMILES string of the molecule is CCC(C)c1csc(NC)n1. The minimum Gasteiger partial charge on any atom is -0.365 e. The third-order valence-electron chi connectivity index (χ3n) is 1.85. The van der Waals surface area contributed by atoms with Gasteiger partial charge in [-0.3, -0.25) is 0 Å². The average molecular weight is 170 g/mol. The zero-order valence-electron chi connectivity index (χ0n) is 7.22. The van der Waals surface area contributed by atoms with E-state index < -0.39 is 0 Å². The summed E-state index contributed by atoms with van der Waals surface area (Å²) < 4.78 is 0. The largest absolute Gasteiger partial charge is 0.365 e. The number of nitrogens with one attached hydrogen (secondary N) is 1. The van der Waals surface area contributed by atoms with Gasteiger partial charge in [0.05, 0.1) is 5.69 Å². The van der Waals surface area contributed by atoms with Gasteiger partial charge in [0.2, 0.25) is 0 Å². The van der Waals surface area contributed by atoms with E-state index >= 15 is 0 Å². The molecule has 0 radical (unpaired) electrons. The first-order valence-corrected chi connectivity index (χ1v) is 4.79. The van der Waals surface area contributed by atoms with Crippen LogP contribution >= 0.6 is 11.3 Å². The van der Waals surface area contributed by atoms with E-state index in [1.807, 2.05) is 7.05 Å². The minimum absolute atomic E-state index is 0.591. The molecule has 2 nitrogen and oxygen atoms in total. The molecule has 1 aromatic heterocycles. The number of aromatic nitrogens is 1. The molecule has 0 aliphatic heterocycles. The van der Waals surface area contributed by atoms with Gasteiger partial charge in [0.15, 0.2) is 5.13 Å². The Morgan fingerprint density at radius 3 is 2.91 bits per heavy atom. The van der Waals surface area contributed by atoms with E-state index in [1.54, 1.807) is 11.3 Å². The van der Waals surface area contributed by atoms with Crippen molar-refractivity contribution in [3.05, 3.63) is 11.1 Å². The average Bonchev–Trinajstić information content (AvgIpc) is 2.50. The standard InChI is InChI=1S/C8H14N2S/c1-4-6(2)7-5-11-8(9-3)10-7/h5-6H,4H2,1-3H3,(H,9,10). The van der Waals surface area contributed by atoms with E-state index in [0.717, 1.165) is 11.6 Å². The third-order valence-corrected chi connectivity index (χ3v) is 2.73. The Morgan fingerprint density at radius 2 is 2.45 bits per heavy atom. The summed E-state index contributed by atoms with van der Waals surface area (Å²) in [5, 5.41) is 6.17. The maximum absolute atomic E-state index is 4.41. The van der Waals surface area contributed by atoms with Crippen LogP contribution in [-0.2, 0) is 0 Å². The molecule has 0 fully saturated rings. The van der Waals surface area contributed by atoms with Crippen molar-refractivity contribution in [3.63, 3.8) is 0 Å². The zero-order valence-corrected chi connectivity index (χ0v) is 8.03. The maximum atomic E-state index is 4.41. The smallest absolute Gasteiger partial charge is 0.182 e. The lowest BCUT2D eigenvalue weighted by atomic mass is 10.1. The molecule has 0 aromatic carbocycles. The summed E-state index contributed by atoms with van der Waals surface area (Å²) in [5.74, 6) is 0.591. The lowest BCUT2D eigenvalue weighted by molar-refractivity contribution is 0.714. The van der Waals surface area contributed by atoms with Gasteiger partial charge in [0.25, 0.3) is 0 Å². The second-order valence-electron chi connectivity index (χ2n) is 2.64. The van der Waals surface area contributed by atoms with Gasteiger partial charge in [-0.05, 0) is 12.3 Å². The van der Waals surface area contributed by atoms with Crippen LogP contribution in [0.1, 0.15) is 31.9 Å². The van der Waals surface area contributed by atoms with Gasteiger partial charge in [0, 0.05) is 12.4 Å². The molecule has 3 heteroatoms. The molecule has 0 saturated carbocycles. The van der Waals surface area contributed by atoms with Crippen molar-refractivity contribution >= 4 is 16.5 Å². The number of nitrogens with zero attached hydrogens (tertiary/aromatic N) is 1. The van der Waals surface area contributed by atoms with Crippen molar-refractivity contribution in [1.29, 1.82) is 0 Å². The topological polar surface area (TPSA) is 24.9 Å². The van der Waals surface area contributed by atoms with E-state index in [4.69, 9.17) is 0 Å². The number of hydrogen-bond donors (Lipinski definition) is 1. The fraction of sp³-hybridized carbons (Fsp3) is 0.625. The molecule has 0 saturated heterocycles. The predicted octanol–water partition coefficient (Wildman–Crippen LogP) is 2.70. The van der Waals surface area contributed by atoms with E-state index in [-0.39, 0.29) is 0 Å². The highest BCUT2D eigenvalue weighted by molar-refractivity contribution is 7.13. The summed E-state index contributed by atoms with van der Waals surface area (Å²) in [5.41, 5.74) is 1.21. The Labute approximate surface area is 71.7 Å². The predicted molar refractivity (Wildman–Crippen MR) is 50.4 cm³/mol. The molecule has 1 rings (SSSR count). The molecule has 0 aliphatic carbocycles. The maximum Gasteiger partial charge on any atom is 0.182 e. The summed E-state index contributed by atoms with van der Waals surface area (Å²) in [4.78, 5) is 4.41. The van der Waals surface area contributed by atoms with E-state index in [1.165, 1.54) is 5.69 Å². The van der Waals surface area contributed by atoms with Crippen molar-refractivity contribution in [1.82, 2.24) is 4.98 Å². The Balaban J connectivity index is 2.71. The molecule has 62 valence electrons. The molecule has 0 spiro atoms. The monoisotopic (exact) mass is 170 g/mol. The van der Waals surface area contributed by atoms with Crippen molar-refractivity contribution in [2.45, 2.75) is 26.2 Å². The van der Waals surface area contributed by atoms with Crippen LogP contribution in [-0.4, -0.2) is 12.0 Å². The fourth-order valence-electron chi connectivity index (χ4n) is 0.836. The van der Waals surface area contributed by atoms with Crippen LogP contribution in [0, 0.1) is 0 Å². The molecule has 1 atom stereocenters. The molecule has 11 heavy (non-hydrogen) atoms. The van der Waals surface area contributed by atoms with Crippen LogP contribution in [0.5, 0.6) is 0 Å². The quantitative estimate of drug-likeness (QED) is 0.754. The van der Waals surface area contributed by atoms with Crippen LogP contribution in [0.3, 0.4) is 0 Å². The lowest BCUT2D eigenvalue weighted by Crippen LogP contribution is -1.92. The van der Waals surface area contributed by atoms with Crippen LogP contribution < -0.4 is 5.32 Å². The minimum atomic E-state index is 0.591. The highest BCUT2D eigenvalue weighted by atomic mass is 32.1. The summed E-state index contributed by atoms with van der Waals surface area (Å²) in [6.45, 7) is 4.39. The molecular weight excluding hydrogens is 156 g/mol. The van der Waals surface area contributed by atoms with Crippen LogP contribution in [0.2, 0.25) is 0 Å². The number of hydrogen-bond acceptors (Lipinski definition) is 3. The first-order valence-electron chi connectivity index (χ1n) is 3.91. The molecule has 1 heterocycles. The van der Waals surface area contributed by atoms with Crippen molar-refractivity contribution in [2.24, 2.45) is 0 Å². The van der Waals surface area contributed by atoms with Gasteiger partial charge in [-0.1, -0.05) is 13.8 Å². The van der Waals surface area contributed by atoms with Gasteiger partial charge in [0.1, 0.15) is 0 Å². The van der Waals surface area contributed by atoms with Gasteiger partial charge >= 0.3 is 0 Å². The second-order valence-corrected chi connectivity index (χ2v) is 3.49. The van der Waals surface area contributed by atoms with E-state index in [2.05, 4.69) is 29.5 Å². The molecule has 1 N–H and O–H groups in total. The Hall–Kier alpha value is -0.570. The van der Waals surface area contributed by atoms with Crippen LogP contribution in [0.25, 0.3) is 0 Å². The summed E-state index contributed by atoms with van der Waals surface area (Å²) in [7, 11) is 1.90. The lowest BCUT2D eigenvalue weighted by Gasteiger charge is -2.01. The van der Waals surface area contributed by atoms with Crippen molar-refractivity contribution < 1.29 is 0 Å². The van der Waals surface area contributed by atoms with Gasteiger partial charge in [-0.25, -0.2) is 4.98 Å². The first-order chi connectivity index (χ1) is 5.27. The van der Waals surface area contributed by atoms with E-state index in [0.29, 0.717) is 5.92 Å². The summed E-state index contributed by atoms with van der Waals surface area (Å²) in [6, 6.07) is 0. The molecule has 0 bridgehead atoms. The summed E-state index contributed by atoms with van der Waals surface area (Å²) >= 11 is 1.67. The molecule has 0 aliphatic rings. The number of thiazole rings is 1. The first kappa shape index (κ1) is 8.53. The summed E-state index contributed by atoms with van der Waals surface area (Å²) in [6.07, 6.45) is 1.16. The van der Waals surface area contributed by atoms with Gasteiger partial charge in [-0.15, -0.1) is 11.3 Å². The van der Waals surface area contributed by atoms with Crippen LogP contribution in [0.15, 0.2) is 5.38 Å². The van der Waals surface area contributed by atoms with E-state index in [9.17, 15) is 0 Å². The number of rotatable bonds is 3. The molecular formula is C8H14N2S. The van der Waals surface area contributed by atoms with Crippen LogP contribution in [0.4, 0.5) is 5.13 Å². The third kappa shape index (κ3) is 1.93. The second kappa shape index (κ2) is 3.72. The Morgan fingerprint density at radius 1 is 1.73 bits per heavy atom. The molecule has 0 amide bonds. The van der Waals surface area contributed by atoms with Gasteiger partial charge in [-0.2, -0.15) is 0 Å². The van der Waals surface area contributed by atoms with Gasteiger partial charge < -0.3 is 5.32 Å².